The molecule has 0 fully saturated rings. The molecule has 1 amide bonds. The molecule has 0 saturated heterocycles. The molecule has 0 unspecified atom stereocenters. The normalized spacial score (nSPS) is 11.8. The van der Waals surface area contributed by atoms with E-state index in [9.17, 15) is 4.79 Å². The van der Waals surface area contributed by atoms with E-state index in [0.717, 1.165) is 6.42 Å². The van der Waals surface area contributed by atoms with Crippen LogP contribution < -0.4 is 10.6 Å². The molecule has 0 aromatic carbocycles. The largest absolute Gasteiger partial charge is 0.394 e. The van der Waals surface area contributed by atoms with Gasteiger partial charge in [-0.15, -0.1) is 6.42 Å². The summed E-state index contributed by atoms with van der Waals surface area (Å²) in [5.74, 6) is 2.22. The lowest BCUT2D eigenvalue weighted by Gasteiger charge is -2.13. The fourth-order valence-corrected chi connectivity index (χ4v) is 0.804. The van der Waals surface area contributed by atoms with Gasteiger partial charge in [-0.1, -0.05) is 12.8 Å². The highest BCUT2D eigenvalue weighted by atomic mass is 16.3. The third kappa shape index (κ3) is 6.14. The van der Waals surface area contributed by atoms with Gasteiger partial charge in [-0.05, 0) is 6.42 Å². The first-order chi connectivity index (χ1) is 6.24. The van der Waals surface area contributed by atoms with Gasteiger partial charge in [0.25, 0.3) is 0 Å². The van der Waals surface area contributed by atoms with Crippen LogP contribution >= 0.6 is 0 Å². The zero-order chi connectivity index (χ0) is 10.1. The Morgan fingerprint density at radius 3 is 2.85 bits per heavy atom. The highest BCUT2D eigenvalue weighted by molar-refractivity contribution is 5.78. The summed E-state index contributed by atoms with van der Waals surface area (Å²) in [5.41, 5.74) is 0. The molecule has 0 bridgehead atoms. The maximum absolute atomic E-state index is 11.1. The van der Waals surface area contributed by atoms with Gasteiger partial charge in [0.1, 0.15) is 0 Å². The summed E-state index contributed by atoms with van der Waals surface area (Å²) >= 11 is 0. The molecule has 4 nitrogen and oxygen atoms in total. The van der Waals surface area contributed by atoms with Crippen molar-refractivity contribution in [2.45, 2.75) is 19.4 Å². The lowest BCUT2D eigenvalue weighted by atomic mass is 10.2. The minimum Gasteiger partial charge on any atom is -0.394 e. The number of hydrogen-bond acceptors (Lipinski definition) is 3. The first kappa shape index (κ1) is 11.9. The van der Waals surface area contributed by atoms with E-state index in [1.807, 2.05) is 6.92 Å². The van der Waals surface area contributed by atoms with Crippen LogP contribution in [0, 0.1) is 12.3 Å². The predicted octanol–water partition coefficient (Wildman–Crippen LogP) is -0.904. The molecular formula is C9H16N2O2. The summed E-state index contributed by atoms with van der Waals surface area (Å²) in [6.45, 7) is 2.44. The summed E-state index contributed by atoms with van der Waals surface area (Å²) < 4.78 is 0. The van der Waals surface area contributed by atoms with Gasteiger partial charge in [0.15, 0.2) is 0 Å². The van der Waals surface area contributed by atoms with Crippen LogP contribution in [-0.2, 0) is 4.79 Å². The second-order valence-corrected chi connectivity index (χ2v) is 2.66. The molecule has 0 radical (unpaired) electrons. The molecule has 0 aliphatic carbocycles. The number of carbonyl (C=O) groups is 1. The standard InChI is InChI=1S/C9H16N2O2/c1-3-5-10-6-9(13)11-8(4-2)7-12/h1,8,10,12H,4-7H2,2H3,(H,11,13)/t8-/m0/s1. The number of nitrogens with one attached hydrogen (secondary N) is 2. The van der Waals surface area contributed by atoms with Crippen molar-refractivity contribution in [1.82, 2.24) is 10.6 Å². The topological polar surface area (TPSA) is 61.4 Å². The summed E-state index contributed by atoms with van der Waals surface area (Å²) in [7, 11) is 0. The van der Waals surface area contributed by atoms with Crippen molar-refractivity contribution >= 4 is 5.91 Å². The Kier molecular flexibility index (Phi) is 6.98. The van der Waals surface area contributed by atoms with Gasteiger partial charge < -0.3 is 10.4 Å². The SMILES string of the molecule is C#CCNCC(=O)N[C@@H](CC)CO. The van der Waals surface area contributed by atoms with E-state index in [2.05, 4.69) is 16.6 Å². The Balaban J connectivity index is 3.55. The average molecular weight is 184 g/mol. The first-order valence-electron chi connectivity index (χ1n) is 4.29. The quantitative estimate of drug-likeness (QED) is 0.370. The molecule has 0 heterocycles. The van der Waals surface area contributed by atoms with E-state index in [0.29, 0.717) is 6.54 Å². The van der Waals surface area contributed by atoms with Gasteiger partial charge in [-0.2, -0.15) is 0 Å². The Labute approximate surface area is 78.7 Å². The molecule has 3 N–H and O–H groups in total. The highest BCUT2D eigenvalue weighted by Crippen LogP contribution is 1.87. The van der Waals surface area contributed by atoms with Crippen LogP contribution in [0.1, 0.15) is 13.3 Å². The van der Waals surface area contributed by atoms with Crippen LogP contribution in [0.5, 0.6) is 0 Å². The molecule has 13 heavy (non-hydrogen) atoms. The van der Waals surface area contributed by atoms with Gasteiger partial charge >= 0.3 is 0 Å². The van der Waals surface area contributed by atoms with Crippen molar-refractivity contribution in [3.63, 3.8) is 0 Å². The second-order valence-electron chi connectivity index (χ2n) is 2.66. The van der Waals surface area contributed by atoms with Crippen LogP contribution in [0.2, 0.25) is 0 Å². The molecule has 0 aromatic rings. The van der Waals surface area contributed by atoms with E-state index in [4.69, 9.17) is 11.5 Å². The van der Waals surface area contributed by atoms with Gasteiger partial charge in [0.2, 0.25) is 5.91 Å². The number of aliphatic hydroxyl groups is 1. The van der Waals surface area contributed by atoms with Crippen LogP contribution in [0.3, 0.4) is 0 Å². The van der Waals surface area contributed by atoms with Gasteiger partial charge in [0.05, 0.1) is 25.7 Å². The Bertz CT molecular complexity index is 183. The molecule has 0 aliphatic rings. The zero-order valence-corrected chi connectivity index (χ0v) is 7.84. The summed E-state index contributed by atoms with van der Waals surface area (Å²) in [5, 5.41) is 14.2. The maximum Gasteiger partial charge on any atom is 0.234 e. The molecule has 0 rings (SSSR count). The molecule has 0 aliphatic heterocycles. The average Bonchev–Trinajstić information content (AvgIpc) is 2.14. The number of rotatable bonds is 6. The minimum absolute atomic E-state index is 0.0304. The molecule has 74 valence electrons. The molecule has 0 aromatic heterocycles. The fraction of sp³-hybridized carbons (Fsp3) is 0.667. The maximum atomic E-state index is 11.1. The highest BCUT2D eigenvalue weighted by Gasteiger charge is 2.07. The van der Waals surface area contributed by atoms with Crippen LogP contribution in [0.15, 0.2) is 0 Å². The second kappa shape index (κ2) is 7.59. The van der Waals surface area contributed by atoms with E-state index >= 15 is 0 Å². The van der Waals surface area contributed by atoms with Crippen LogP contribution in [0.4, 0.5) is 0 Å². The monoisotopic (exact) mass is 184 g/mol. The van der Waals surface area contributed by atoms with E-state index in [1.165, 1.54) is 0 Å². The van der Waals surface area contributed by atoms with E-state index in [-0.39, 0.29) is 25.1 Å². The smallest absolute Gasteiger partial charge is 0.234 e. The first-order valence-corrected chi connectivity index (χ1v) is 4.29. The number of amides is 1. The molecule has 0 saturated carbocycles. The van der Waals surface area contributed by atoms with Crippen molar-refractivity contribution in [2.24, 2.45) is 0 Å². The number of hydrogen-bond donors (Lipinski definition) is 3. The predicted molar refractivity (Wildman–Crippen MR) is 51.0 cm³/mol. The number of aliphatic hydroxyl groups excluding tert-OH is 1. The van der Waals surface area contributed by atoms with E-state index in [1.54, 1.807) is 0 Å². The van der Waals surface area contributed by atoms with Gasteiger partial charge in [-0.3, -0.25) is 10.1 Å². The number of carbonyl (C=O) groups excluding carboxylic acids is 1. The lowest BCUT2D eigenvalue weighted by Crippen LogP contribution is -2.41. The lowest BCUT2D eigenvalue weighted by molar-refractivity contribution is -0.121. The van der Waals surface area contributed by atoms with Gasteiger partial charge in [-0.25, -0.2) is 0 Å². The van der Waals surface area contributed by atoms with Crippen LogP contribution in [-0.4, -0.2) is 36.8 Å². The summed E-state index contributed by atoms with van der Waals surface area (Å²) in [6.07, 6.45) is 5.70. The van der Waals surface area contributed by atoms with Crippen molar-refractivity contribution in [3.05, 3.63) is 0 Å². The number of terminal acetylenes is 1. The third-order valence-electron chi connectivity index (χ3n) is 1.59. The van der Waals surface area contributed by atoms with Gasteiger partial charge in [0, 0.05) is 0 Å². The van der Waals surface area contributed by atoms with E-state index < -0.39 is 0 Å². The van der Waals surface area contributed by atoms with Crippen molar-refractivity contribution in [1.29, 1.82) is 0 Å². The third-order valence-corrected chi connectivity index (χ3v) is 1.59. The zero-order valence-electron chi connectivity index (χ0n) is 7.84. The Morgan fingerprint density at radius 1 is 1.69 bits per heavy atom. The summed E-state index contributed by atoms with van der Waals surface area (Å²) in [6, 6.07) is -0.153. The Hall–Kier alpha value is -1.05. The minimum atomic E-state index is -0.153. The van der Waals surface area contributed by atoms with Crippen molar-refractivity contribution in [2.75, 3.05) is 19.7 Å². The fourth-order valence-electron chi connectivity index (χ4n) is 0.804. The van der Waals surface area contributed by atoms with Crippen molar-refractivity contribution < 1.29 is 9.90 Å². The van der Waals surface area contributed by atoms with Crippen LogP contribution in [0.25, 0.3) is 0 Å². The molecular weight excluding hydrogens is 168 g/mol. The molecule has 4 heteroatoms. The van der Waals surface area contributed by atoms with Crippen molar-refractivity contribution in [3.8, 4) is 12.3 Å². The molecule has 1 atom stereocenters. The summed E-state index contributed by atoms with van der Waals surface area (Å²) in [4.78, 5) is 11.1. The Morgan fingerprint density at radius 2 is 2.38 bits per heavy atom. The molecule has 0 spiro atoms.